The van der Waals surface area contributed by atoms with Crippen molar-refractivity contribution in [2.45, 2.75) is 11.8 Å². The van der Waals surface area contributed by atoms with Gasteiger partial charge in [0.05, 0.1) is 10.6 Å². The molecule has 0 unspecified atom stereocenters. The van der Waals surface area contributed by atoms with Crippen molar-refractivity contribution in [1.29, 1.82) is 0 Å². The molecule has 36 heavy (non-hydrogen) atoms. The van der Waals surface area contributed by atoms with Crippen LogP contribution in [0.5, 0.6) is 0 Å². The predicted octanol–water partition coefficient (Wildman–Crippen LogP) is 7.02. The Labute approximate surface area is 227 Å². The minimum atomic E-state index is -3.78. The van der Waals surface area contributed by atoms with Crippen molar-refractivity contribution in [3.63, 3.8) is 0 Å². The van der Waals surface area contributed by atoms with Gasteiger partial charge >= 0.3 is 20.4 Å². The Morgan fingerprint density at radius 2 is 1.31 bits per heavy atom. The zero-order chi connectivity index (χ0) is 24.8. The zero-order valence-electron chi connectivity index (χ0n) is 19.6. The van der Waals surface area contributed by atoms with Gasteiger partial charge in [-0.1, -0.05) is 54.6 Å². The molecule has 2 heterocycles. The first-order valence-corrected chi connectivity index (χ1v) is 12.3. The second kappa shape index (κ2) is 15.4. The van der Waals surface area contributed by atoms with Crippen LogP contribution in [0, 0.1) is 13.0 Å². The zero-order valence-corrected chi connectivity index (χ0v) is 22.0. The van der Waals surface area contributed by atoms with Crippen LogP contribution >= 0.6 is 0 Å². The van der Waals surface area contributed by atoms with E-state index in [1.165, 1.54) is 0 Å². The van der Waals surface area contributed by atoms with Gasteiger partial charge < -0.3 is 4.72 Å². The van der Waals surface area contributed by atoms with Crippen molar-refractivity contribution < 1.29 is 28.8 Å². The van der Waals surface area contributed by atoms with Crippen molar-refractivity contribution in [1.82, 2.24) is 9.97 Å². The van der Waals surface area contributed by atoms with Gasteiger partial charge in [0.2, 0.25) is 0 Å². The van der Waals surface area contributed by atoms with Crippen molar-refractivity contribution in [3.05, 3.63) is 150 Å². The first-order valence-electron chi connectivity index (χ1n) is 10.9. The summed E-state index contributed by atoms with van der Waals surface area (Å²) in [5, 5.41) is 0. The fourth-order valence-corrected chi connectivity index (χ4v) is 4.21. The van der Waals surface area contributed by atoms with Gasteiger partial charge in [-0.25, -0.2) is 8.42 Å². The number of hydrogen-bond donors (Lipinski definition) is 0. The SMILES string of the molecule is Cc1ccccc1S(=O)(=O)[N-]c1ccccc1-c1ccccn1.[Pd+2].[c-]1ccccc1.c1ccncc1. The summed E-state index contributed by atoms with van der Waals surface area (Å²) >= 11 is 0. The van der Waals surface area contributed by atoms with E-state index in [-0.39, 0.29) is 25.3 Å². The molecule has 0 spiro atoms. The molecule has 0 saturated heterocycles. The molecule has 5 rings (SSSR count). The van der Waals surface area contributed by atoms with E-state index in [0.717, 1.165) is 0 Å². The first-order chi connectivity index (χ1) is 17.1. The number of pyridine rings is 2. The Balaban J connectivity index is 0.000000287. The van der Waals surface area contributed by atoms with Crippen molar-refractivity contribution >= 4 is 15.7 Å². The number of aromatic nitrogens is 2. The molecule has 0 amide bonds. The second-order valence-electron chi connectivity index (χ2n) is 7.17. The fraction of sp³-hybridized carbons (Fsp3) is 0.0345. The maximum absolute atomic E-state index is 12.6. The quantitative estimate of drug-likeness (QED) is 0.168. The smallest absolute Gasteiger partial charge is 0.572 e. The van der Waals surface area contributed by atoms with Gasteiger partial charge in [-0.3, -0.25) is 9.97 Å². The maximum Gasteiger partial charge on any atom is 2.00 e. The van der Waals surface area contributed by atoms with Crippen LogP contribution in [0.2, 0.25) is 0 Å². The molecule has 0 aliphatic heterocycles. The van der Waals surface area contributed by atoms with Crippen LogP contribution in [0.1, 0.15) is 5.56 Å². The van der Waals surface area contributed by atoms with E-state index in [9.17, 15) is 8.42 Å². The summed E-state index contributed by atoms with van der Waals surface area (Å²) in [5.41, 5.74) is 2.43. The molecule has 7 heteroatoms. The number of aryl methyl sites for hydroxylation is 1. The molecule has 2 aromatic heterocycles. The molecule has 3 aromatic carbocycles. The summed E-state index contributed by atoms with van der Waals surface area (Å²) in [7, 11) is -3.78. The first kappa shape index (κ1) is 28.6. The summed E-state index contributed by atoms with van der Waals surface area (Å²) in [6, 6.07) is 37.6. The topological polar surface area (TPSA) is 74.0 Å². The minimum absolute atomic E-state index is 0. The van der Waals surface area contributed by atoms with Gasteiger partial charge in [0.1, 0.15) is 10.0 Å². The Morgan fingerprint density at radius 3 is 1.83 bits per heavy atom. The Bertz CT molecular complexity index is 1300. The molecule has 0 bridgehead atoms. The monoisotopic (exact) mass is 585 g/mol. The molecule has 0 radical (unpaired) electrons. The molecule has 0 atom stereocenters. The summed E-state index contributed by atoms with van der Waals surface area (Å²) in [5.74, 6) is 0. The average molecular weight is 586 g/mol. The molecule has 5 nitrogen and oxygen atoms in total. The molecular weight excluding hydrogens is 561 g/mol. The maximum atomic E-state index is 12.6. The summed E-state index contributed by atoms with van der Waals surface area (Å²) in [4.78, 5) is 8.28. The van der Waals surface area contributed by atoms with Crippen molar-refractivity contribution in [3.8, 4) is 11.3 Å². The van der Waals surface area contributed by atoms with E-state index in [0.29, 0.717) is 22.5 Å². The van der Waals surface area contributed by atoms with E-state index in [2.05, 4.69) is 20.8 Å². The van der Waals surface area contributed by atoms with Gasteiger partial charge in [-0.2, -0.15) is 36.4 Å². The van der Waals surface area contributed by atoms with E-state index < -0.39 is 10.0 Å². The van der Waals surface area contributed by atoms with Crippen LogP contribution in [-0.4, -0.2) is 18.4 Å². The molecule has 0 saturated carbocycles. The second-order valence-corrected chi connectivity index (χ2v) is 8.74. The summed E-state index contributed by atoms with van der Waals surface area (Å²) in [6.45, 7) is 1.76. The van der Waals surface area contributed by atoms with Gasteiger partial charge in [0.25, 0.3) is 0 Å². The van der Waals surface area contributed by atoms with E-state index in [1.807, 2.05) is 78.9 Å². The van der Waals surface area contributed by atoms with Crippen LogP contribution in [0.15, 0.2) is 139 Å². The van der Waals surface area contributed by atoms with Crippen LogP contribution in [-0.2, 0) is 30.4 Å². The molecular formula is C29H25N3O2PdS. The predicted molar refractivity (Wildman–Crippen MR) is 141 cm³/mol. The van der Waals surface area contributed by atoms with Crippen LogP contribution in [0.25, 0.3) is 16.0 Å². The normalized spacial score (nSPS) is 9.81. The van der Waals surface area contributed by atoms with E-state index >= 15 is 0 Å². The van der Waals surface area contributed by atoms with Gasteiger partial charge in [-0.05, 0) is 48.4 Å². The summed E-state index contributed by atoms with van der Waals surface area (Å²) < 4.78 is 29.3. The van der Waals surface area contributed by atoms with Crippen LogP contribution in [0.3, 0.4) is 0 Å². The molecule has 184 valence electrons. The van der Waals surface area contributed by atoms with Gasteiger partial charge in [0, 0.05) is 18.6 Å². The third kappa shape index (κ3) is 9.20. The van der Waals surface area contributed by atoms with Crippen LogP contribution < -0.4 is 0 Å². The van der Waals surface area contributed by atoms with Crippen LogP contribution in [0.4, 0.5) is 5.69 Å². The molecule has 0 aliphatic carbocycles. The number of benzene rings is 3. The number of rotatable bonds is 4. The standard InChI is InChI=1S/C18H15N2O2S.C6H5.C5H5N.Pd/c1-14-8-2-5-12-18(14)23(21,22)20-17-11-4-3-9-15(17)16-10-6-7-13-19-16;2*1-2-4-6-5-3-1;/h2-13H,1H3;2*1-5H;/q2*-1;;+2. The number of sulfonamides is 1. The van der Waals surface area contributed by atoms with E-state index in [1.54, 1.807) is 61.9 Å². The van der Waals surface area contributed by atoms with Crippen molar-refractivity contribution in [2.75, 3.05) is 0 Å². The largest absolute Gasteiger partial charge is 2.00 e. The minimum Gasteiger partial charge on any atom is -0.572 e. The number of nitrogens with zero attached hydrogens (tertiary/aromatic N) is 3. The summed E-state index contributed by atoms with van der Waals surface area (Å²) in [6.07, 6.45) is 5.17. The third-order valence-corrected chi connectivity index (χ3v) is 6.06. The van der Waals surface area contributed by atoms with Crippen molar-refractivity contribution in [2.24, 2.45) is 0 Å². The molecule has 0 fully saturated rings. The Morgan fingerprint density at radius 1 is 0.694 bits per heavy atom. The van der Waals surface area contributed by atoms with Gasteiger partial charge in [0.15, 0.2) is 0 Å². The average Bonchev–Trinajstić information content (AvgIpc) is 2.92. The third-order valence-electron chi connectivity index (χ3n) is 4.61. The van der Waals surface area contributed by atoms with E-state index in [4.69, 9.17) is 0 Å². The Kier molecular flexibility index (Phi) is 12.2. The fourth-order valence-electron chi connectivity index (χ4n) is 2.97. The number of hydrogen-bond acceptors (Lipinski definition) is 4. The molecule has 0 aliphatic rings. The van der Waals surface area contributed by atoms with Gasteiger partial charge in [-0.15, -0.1) is 5.69 Å². The Hall–Kier alpha value is -3.63. The molecule has 0 N–H and O–H groups in total. The molecule has 5 aromatic rings.